The van der Waals surface area contributed by atoms with Crippen LogP contribution in [0, 0.1) is 42.4 Å². The molecule has 4 atom stereocenters. The van der Waals surface area contributed by atoms with Crippen molar-refractivity contribution in [1.29, 1.82) is 0 Å². The Labute approximate surface area is 111 Å². The van der Waals surface area contributed by atoms with Gasteiger partial charge in [-0.05, 0) is 25.5 Å². The highest BCUT2D eigenvalue weighted by atomic mass is 16.2. The van der Waals surface area contributed by atoms with E-state index in [1.165, 1.54) is 4.90 Å². The van der Waals surface area contributed by atoms with Crippen LogP contribution in [-0.4, -0.2) is 11.8 Å². The van der Waals surface area contributed by atoms with Crippen LogP contribution in [0.4, 0.5) is 5.69 Å². The van der Waals surface area contributed by atoms with Gasteiger partial charge in [0.05, 0.1) is 17.5 Å². The van der Waals surface area contributed by atoms with Gasteiger partial charge in [-0.15, -0.1) is 0 Å². The number of anilines is 1. The molecule has 2 aliphatic carbocycles. The molecular weight excluding hydrogens is 238 g/mol. The van der Waals surface area contributed by atoms with E-state index in [1.807, 2.05) is 31.2 Å². The minimum atomic E-state index is -0.194. The first-order chi connectivity index (χ1) is 9.16. The highest BCUT2D eigenvalue weighted by Gasteiger charge is 2.60. The number of amides is 2. The van der Waals surface area contributed by atoms with E-state index in [9.17, 15) is 9.59 Å². The lowest BCUT2D eigenvalue weighted by Crippen LogP contribution is -2.32. The van der Waals surface area contributed by atoms with Gasteiger partial charge in [-0.1, -0.05) is 29.5 Å². The van der Waals surface area contributed by atoms with Gasteiger partial charge >= 0.3 is 0 Å². The van der Waals surface area contributed by atoms with Gasteiger partial charge in [-0.25, -0.2) is 4.90 Å². The number of carbonyl (C=O) groups excluding carboxylic acids is 2. The number of fused-ring (bicyclic) bond motifs is 5. The summed E-state index contributed by atoms with van der Waals surface area (Å²) in [4.78, 5) is 26.4. The SMILES string of the molecule is Cc1ccc(N2C(=O)C3C4C#CC(C4)C3C2=O)cc1. The molecule has 2 amide bonds. The van der Waals surface area contributed by atoms with Crippen LogP contribution >= 0.6 is 0 Å². The molecule has 3 heteroatoms. The van der Waals surface area contributed by atoms with Crippen LogP contribution in [0.2, 0.25) is 0 Å². The van der Waals surface area contributed by atoms with Crippen LogP contribution < -0.4 is 4.90 Å². The standard InChI is InChI=1S/C16H13NO2/c1-9-2-6-12(7-3-9)17-15(18)13-10-4-5-11(8-10)14(13)16(17)19/h2-3,6-7,10-11,13-14H,8H2,1H3. The van der Waals surface area contributed by atoms with Crippen LogP contribution in [0.25, 0.3) is 0 Å². The van der Waals surface area contributed by atoms with Gasteiger partial charge in [-0.2, -0.15) is 0 Å². The Hall–Kier alpha value is -2.08. The molecule has 19 heavy (non-hydrogen) atoms. The second-order valence-corrected chi connectivity index (χ2v) is 5.64. The Morgan fingerprint density at radius 1 is 1.00 bits per heavy atom. The number of imide groups is 1. The minimum absolute atomic E-state index is 0.0552. The molecule has 1 heterocycles. The molecule has 3 nitrogen and oxygen atoms in total. The monoisotopic (exact) mass is 251 g/mol. The minimum Gasteiger partial charge on any atom is -0.274 e. The van der Waals surface area contributed by atoms with E-state index in [2.05, 4.69) is 11.8 Å². The third-order valence-corrected chi connectivity index (χ3v) is 4.52. The van der Waals surface area contributed by atoms with E-state index < -0.39 is 0 Å². The lowest BCUT2D eigenvalue weighted by atomic mass is 9.87. The molecule has 0 aromatic heterocycles. The van der Waals surface area contributed by atoms with Crippen molar-refractivity contribution in [2.45, 2.75) is 13.3 Å². The van der Waals surface area contributed by atoms with Crippen molar-refractivity contribution in [2.24, 2.45) is 23.7 Å². The molecule has 0 N–H and O–H groups in total. The summed E-state index contributed by atoms with van der Waals surface area (Å²) in [5.74, 6) is 5.92. The Morgan fingerprint density at radius 2 is 1.53 bits per heavy atom. The summed E-state index contributed by atoms with van der Waals surface area (Å²) >= 11 is 0. The Balaban J connectivity index is 1.75. The number of aryl methyl sites for hydroxylation is 1. The van der Waals surface area contributed by atoms with Crippen molar-refractivity contribution < 1.29 is 9.59 Å². The molecule has 1 aromatic rings. The maximum atomic E-state index is 12.5. The van der Waals surface area contributed by atoms with Crippen LogP contribution in [0.5, 0.6) is 0 Å². The van der Waals surface area contributed by atoms with E-state index in [1.54, 1.807) is 0 Å². The first-order valence-corrected chi connectivity index (χ1v) is 6.62. The number of hydrogen-bond acceptors (Lipinski definition) is 2. The first-order valence-electron chi connectivity index (χ1n) is 6.62. The Kier molecular flexibility index (Phi) is 1.98. The van der Waals surface area contributed by atoms with Crippen molar-refractivity contribution in [2.75, 3.05) is 4.90 Å². The van der Waals surface area contributed by atoms with E-state index in [0.717, 1.165) is 12.0 Å². The molecule has 4 rings (SSSR count). The zero-order valence-electron chi connectivity index (χ0n) is 10.6. The zero-order chi connectivity index (χ0) is 13.1. The van der Waals surface area contributed by atoms with Crippen molar-refractivity contribution in [1.82, 2.24) is 0 Å². The average Bonchev–Trinajstić information content (AvgIpc) is 3.06. The van der Waals surface area contributed by atoms with Gasteiger partial charge in [0.25, 0.3) is 0 Å². The highest BCUT2D eigenvalue weighted by molar-refractivity contribution is 6.22. The van der Waals surface area contributed by atoms with Gasteiger partial charge in [0.15, 0.2) is 0 Å². The first kappa shape index (κ1) is 10.8. The fourth-order valence-electron chi connectivity index (χ4n) is 3.59. The molecule has 1 saturated carbocycles. The second kappa shape index (κ2) is 3.48. The predicted molar refractivity (Wildman–Crippen MR) is 70.0 cm³/mol. The van der Waals surface area contributed by atoms with Gasteiger partial charge < -0.3 is 0 Å². The van der Waals surface area contributed by atoms with Gasteiger partial charge in [0, 0.05) is 11.8 Å². The zero-order valence-corrected chi connectivity index (χ0v) is 10.6. The van der Waals surface area contributed by atoms with Crippen LogP contribution in [-0.2, 0) is 9.59 Å². The van der Waals surface area contributed by atoms with E-state index in [-0.39, 0.29) is 35.5 Å². The molecule has 4 unspecified atom stereocenters. The fraction of sp³-hybridized carbons (Fsp3) is 0.375. The quantitative estimate of drug-likeness (QED) is 0.563. The van der Waals surface area contributed by atoms with Gasteiger partial charge in [-0.3, -0.25) is 9.59 Å². The largest absolute Gasteiger partial charge is 0.274 e. The van der Waals surface area contributed by atoms with Crippen molar-refractivity contribution in [3.63, 3.8) is 0 Å². The summed E-state index contributed by atoms with van der Waals surface area (Å²) in [5, 5.41) is 0. The molecule has 1 aliphatic heterocycles. The third kappa shape index (κ3) is 1.29. The normalized spacial score (nSPS) is 34.5. The molecule has 2 bridgehead atoms. The third-order valence-electron chi connectivity index (χ3n) is 4.52. The summed E-state index contributed by atoms with van der Waals surface area (Å²) in [7, 11) is 0. The number of hydrogen-bond donors (Lipinski definition) is 0. The van der Waals surface area contributed by atoms with Crippen molar-refractivity contribution in [3.05, 3.63) is 29.8 Å². The molecule has 0 radical (unpaired) electrons. The summed E-state index contributed by atoms with van der Waals surface area (Å²) in [6.45, 7) is 1.99. The molecule has 3 aliphatic rings. The van der Waals surface area contributed by atoms with E-state index in [0.29, 0.717) is 5.69 Å². The fourth-order valence-corrected chi connectivity index (χ4v) is 3.59. The highest BCUT2D eigenvalue weighted by Crippen LogP contribution is 2.50. The van der Waals surface area contributed by atoms with Crippen LogP contribution in [0.15, 0.2) is 24.3 Å². The molecule has 1 saturated heterocycles. The maximum Gasteiger partial charge on any atom is 0.238 e. The van der Waals surface area contributed by atoms with E-state index >= 15 is 0 Å². The summed E-state index contributed by atoms with van der Waals surface area (Å²) in [5.41, 5.74) is 1.81. The Bertz CT molecular complexity index is 618. The van der Waals surface area contributed by atoms with E-state index in [4.69, 9.17) is 0 Å². The number of nitrogens with zero attached hydrogens (tertiary/aromatic N) is 1. The van der Waals surface area contributed by atoms with Crippen molar-refractivity contribution >= 4 is 17.5 Å². The molecule has 2 fully saturated rings. The lowest BCUT2D eigenvalue weighted by Gasteiger charge is -2.17. The predicted octanol–water partition coefficient (Wildman–Crippen LogP) is 1.75. The molecule has 1 aromatic carbocycles. The average molecular weight is 251 g/mol. The summed E-state index contributed by atoms with van der Waals surface area (Å²) < 4.78 is 0. The maximum absolute atomic E-state index is 12.5. The lowest BCUT2D eigenvalue weighted by molar-refractivity contribution is -0.123. The van der Waals surface area contributed by atoms with Crippen molar-refractivity contribution in [3.8, 4) is 11.8 Å². The molecular formula is C16H13NO2. The van der Waals surface area contributed by atoms with Gasteiger partial charge in [0.1, 0.15) is 0 Å². The second-order valence-electron chi connectivity index (χ2n) is 5.64. The molecule has 94 valence electrons. The number of carbonyl (C=O) groups is 2. The van der Waals surface area contributed by atoms with Crippen LogP contribution in [0.1, 0.15) is 12.0 Å². The summed E-state index contributed by atoms with van der Waals surface area (Å²) in [6.07, 6.45) is 0.870. The Morgan fingerprint density at radius 3 is 2.05 bits per heavy atom. The molecule has 0 spiro atoms. The van der Waals surface area contributed by atoms with Crippen LogP contribution in [0.3, 0.4) is 0 Å². The smallest absolute Gasteiger partial charge is 0.238 e. The topological polar surface area (TPSA) is 37.4 Å². The summed E-state index contributed by atoms with van der Waals surface area (Å²) in [6, 6.07) is 7.54. The number of rotatable bonds is 1. The van der Waals surface area contributed by atoms with Gasteiger partial charge in [0.2, 0.25) is 11.8 Å². The number of benzene rings is 1.